The van der Waals surface area contributed by atoms with Crippen LogP contribution >= 0.6 is 0 Å². The molecule has 16 heavy (non-hydrogen) atoms. The molecule has 3 nitrogen and oxygen atoms in total. The highest BCUT2D eigenvalue weighted by molar-refractivity contribution is 5.95. The van der Waals surface area contributed by atoms with E-state index >= 15 is 0 Å². The van der Waals surface area contributed by atoms with Crippen molar-refractivity contribution in [2.24, 2.45) is 0 Å². The van der Waals surface area contributed by atoms with Crippen LogP contribution in [0, 0.1) is 11.6 Å². The molecule has 0 saturated heterocycles. The van der Waals surface area contributed by atoms with Crippen molar-refractivity contribution in [3.8, 4) is 0 Å². The Hall–Kier alpha value is -1.65. The summed E-state index contributed by atoms with van der Waals surface area (Å²) in [6.07, 6.45) is 1.82. The smallest absolute Gasteiger partial charge is 0.257 e. The van der Waals surface area contributed by atoms with Gasteiger partial charge in [0.2, 0.25) is 0 Å². The van der Waals surface area contributed by atoms with E-state index in [0.717, 1.165) is 25.0 Å². The minimum Gasteiger partial charge on any atom is -0.396 e. The normalized spacial score (nSPS) is 14.9. The zero-order valence-corrected chi connectivity index (χ0v) is 8.84. The van der Waals surface area contributed by atoms with Crippen LogP contribution in [0.5, 0.6) is 0 Å². The van der Waals surface area contributed by atoms with Crippen molar-refractivity contribution >= 4 is 11.6 Å². The van der Waals surface area contributed by atoms with Crippen LogP contribution in [0.1, 0.15) is 23.2 Å². The molecule has 0 bridgehead atoms. The number of anilines is 1. The molecule has 0 aliphatic heterocycles. The van der Waals surface area contributed by atoms with Gasteiger partial charge in [-0.3, -0.25) is 4.79 Å². The number of nitrogen functional groups attached to an aromatic ring is 1. The summed E-state index contributed by atoms with van der Waals surface area (Å²) in [6.45, 7) is 0. The van der Waals surface area contributed by atoms with Gasteiger partial charge in [-0.05, 0) is 25.0 Å². The second kappa shape index (κ2) is 3.73. The van der Waals surface area contributed by atoms with Crippen LogP contribution in [-0.4, -0.2) is 23.9 Å². The number of nitrogens with zero attached hydrogens (tertiary/aromatic N) is 1. The molecule has 2 rings (SSSR count). The van der Waals surface area contributed by atoms with Gasteiger partial charge in [0, 0.05) is 13.1 Å². The van der Waals surface area contributed by atoms with Crippen LogP contribution in [0.25, 0.3) is 0 Å². The number of rotatable bonds is 2. The SMILES string of the molecule is CN(C(=O)c1cc(F)cc(N)c1F)C1CC1. The zero-order chi connectivity index (χ0) is 11.9. The average molecular weight is 226 g/mol. The lowest BCUT2D eigenvalue weighted by atomic mass is 10.1. The Bertz CT molecular complexity index is 444. The maximum absolute atomic E-state index is 13.5. The van der Waals surface area contributed by atoms with E-state index in [1.165, 1.54) is 4.90 Å². The van der Waals surface area contributed by atoms with Crippen molar-refractivity contribution < 1.29 is 13.6 Å². The van der Waals surface area contributed by atoms with Gasteiger partial charge in [-0.1, -0.05) is 0 Å². The summed E-state index contributed by atoms with van der Waals surface area (Å²) >= 11 is 0. The lowest BCUT2D eigenvalue weighted by Gasteiger charge is -2.17. The minimum atomic E-state index is -0.848. The topological polar surface area (TPSA) is 46.3 Å². The molecule has 86 valence electrons. The Morgan fingerprint density at radius 3 is 2.62 bits per heavy atom. The Labute approximate surface area is 91.8 Å². The molecular weight excluding hydrogens is 214 g/mol. The summed E-state index contributed by atoms with van der Waals surface area (Å²) in [5.74, 6) is -2.07. The molecule has 2 N–H and O–H groups in total. The highest BCUT2D eigenvalue weighted by Crippen LogP contribution is 2.28. The van der Waals surface area contributed by atoms with E-state index in [0.29, 0.717) is 0 Å². The van der Waals surface area contributed by atoms with E-state index in [9.17, 15) is 13.6 Å². The first-order valence-electron chi connectivity index (χ1n) is 5.02. The van der Waals surface area contributed by atoms with Crippen LogP contribution in [0.3, 0.4) is 0 Å². The van der Waals surface area contributed by atoms with E-state index < -0.39 is 17.5 Å². The quantitative estimate of drug-likeness (QED) is 0.781. The molecule has 1 aliphatic rings. The molecular formula is C11H12F2N2O. The van der Waals surface area contributed by atoms with Crippen molar-refractivity contribution in [2.75, 3.05) is 12.8 Å². The molecule has 0 radical (unpaired) electrons. The summed E-state index contributed by atoms with van der Waals surface area (Å²) in [6, 6.07) is 1.90. The lowest BCUT2D eigenvalue weighted by molar-refractivity contribution is 0.0780. The monoisotopic (exact) mass is 226 g/mol. The molecule has 1 aliphatic carbocycles. The fourth-order valence-corrected chi connectivity index (χ4v) is 1.58. The van der Waals surface area contributed by atoms with Gasteiger partial charge in [0.15, 0.2) is 5.82 Å². The first kappa shape index (κ1) is 10.9. The molecule has 1 aromatic rings. The number of carbonyl (C=O) groups is 1. The molecule has 0 atom stereocenters. The Morgan fingerprint density at radius 2 is 2.06 bits per heavy atom. The second-order valence-electron chi connectivity index (χ2n) is 4.00. The van der Waals surface area contributed by atoms with E-state index in [-0.39, 0.29) is 17.3 Å². The van der Waals surface area contributed by atoms with Gasteiger partial charge in [0.25, 0.3) is 5.91 Å². The molecule has 1 aromatic carbocycles. The van der Waals surface area contributed by atoms with E-state index in [1.807, 2.05) is 0 Å². The molecule has 0 spiro atoms. The van der Waals surface area contributed by atoms with Crippen molar-refractivity contribution in [1.29, 1.82) is 0 Å². The standard InChI is InChI=1S/C11H12F2N2O/c1-15(7-2-3-7)11(16)8-4-6(12)5-9(14)10(8)13/h4-5,7H,2-3,14H2,1H3. The largest absolute Gasteiger partial charge is 0.396 e. The summed E-state index contributed by atoms with van der Waals surface area (Å²) < 4.78 is 26.6. The van der Waals surface area contributed by atoms with Gasteiger partial charge in [0.05, 0.1) is 11.3 Å². The second-order valence-corrected chi connectivity index (χ2v) is 4.00. The number of hydrogen-bond donors (Lipinski definition) is 1. The van der Waals surface area contributed by atoms with Gasteiger partial charge in [-0.2, -0.15) is 0 Å². The van der Waals surface area contributed by atoms with Gasteiger partial charge in [0.1, 0.15) is 5.82 Å². The number of hydrogen-bond acceptors (Lipinski definition) is 2. The Kier molecular flexibility index (Phi) is 2.53. The third-order valence-electron chi connectivity index (χ3n) is 2.71. The molecule has 1 saturated carbocycles. The highest BCUT2D eigenvalue weighted by atomic mass is 19.1. The van der Waals surface area contributed by atoms with E-state index in [2.05, 4.69) is 0 Å². The van der Waals surface area contributed by atoms with Crippen molar-refractivity contribution in [3.63, 3.8) is 0 Å². The van der Waals surface area contributed by atoms with Gasteiger partial charge in [-0.25, -0.2) is 8.78 Å². The van der Waals surface area contributed by atoms with Gasteiger partial charge >= 0.3 is 0 Å². The number of benzene rings is 1. The summed E-state index contributed by atoms with van der Waals surface area (Å²) in [5, 5.41) is 0. The van der Waals surface area contributed by atoms with Crippen LogP contribution in [0.15, 0.2) is 12.1 Å². The predicted octanol–water partition coefficient (Wildman–Crippen LogP) is 1.78. The van der Waals surface area contributed by atoms with E-state index in [1.54, 1.807) is 7.05 Å². The number of nitrogens with two attached hydrogens (primary N) is 1. The van der Waals surface area contributed by atoms with Crippen LogP contribution < -0.4 is 5.73 Å². The minimum absolute atomic E-state index is 0.149. The van der Waals surface area contributed by atoms with E-state index in [4.69, 9.17) is 5.73 Å². The van der Waals surface area contributed by atoms with Crippen molar-refractivity contribution in [3.05, 3.63) is 29.3 Å². The molecule has 1 fully saturated rings. The number of amides is 1. The van der Waals surface area contributed by atoms with Gasteiger partial charge in [-0.15, -0.1) is 0 Å². The number of halogens is 2. The molecule has 1 amide bonds. The third kappa shape index (κ3) is 1.85. The third-order valence-corrected chi connectivity index (χ3v) is 2.71. The zero-order valence-electron chi connectivity index (χ0n) is 8.84. The first-order valence-corrected chi connectivity index (χ1v) is 5.02. The molecule has 0 heterocycles. The Morgan fingerprint density at radius 1 is 1.44 bits per heavy atom. The van der Waals surface area contributed by atoms with Gasteiger partial charge < -0.3 is 10.6 Å². The van der Waals surface area contributed by atoms with Crippen molar-refractivity contribution in [2.45, 2.75) is 18.9 Å². The highest BCUT2D eigenvalue weighted by Gasteiger charge is 2.31. The molecule has 0 aromatic heterocycles. The fourth-order valence-electron chi connectivity index (χ4n) is 1.58. The lowest BCUT2D eigenvalue weighted by Crippen LogP contribution is -2.29. The maximum Gasteiger partial charge on any atom is 0.257 e. The first-order chi connectivity index (χ1) is 7.50. The summed E-state index contributed by atoms with van der Waals surface area (Å²) in [4.78, 5) is 13.2. The average Bonchev–Trinajstić information content (AvgIpc) is 3.05. The van der Waals surface area contributed by atoms with Crippen LogP contribution in [0.2, 0.25) is 0 Å². The molecule has 5 heteroatoms. The van der Waals surface area contributed by atoms with Crippen LogP contribution in [-0.2, 0) is 0 Å². The fraction of sp³-hybridized carbons (Fsp3) is 0.364. The van der Waals surface area contributed by atoms with Crippen LogP contribution in [0.4, 0.5) is 14.5 Å². The Balaban J connectivity index is 2.35. The van der Waals surface area contributed by atoms with Crippen molar-refractivity contribution in [1.82, 2.24) is 4.90 Å². The predicted molar refractivity (Wildman–Crippen MR) is 55.9 cm³/mol. The maximum atomic E-state index is 13.5. The molecule has 0 unspecified atom stereocenters. The summed E-state index contributed by atoms with van der Waals surface area (Å²) in [5.41, 5.74) is 4.63. The number of carbonyl (C=O) groups excluding carboxylic acids is 1. The summed E-state index contributed by atoms with van der Waals surface area (Å²) in [7, 11) is 1.58.